The van der Waals surface area contributed by atoms with Crippen molar-refractivity contribution >= 4 is 29.1 Å². The van der Waals surface area contributed by atoms with E-state index >= 15 is 0 Å². The lowest BCUT2D eigenvalue weighted by Gasteiger charge is -2.18. The molecule has 0 unspecified atom stereocenters. The van der Waals surface area contributed by atoms with Crippen LogP contribution in [0.5, 0.6) is 0 Å². The van der Waals surface area contributed by atoms with Crippen LogP contribution in [-0.2, 0) is 0 Å². The fourth-order valence-electron chi connectivity index (χ4n) is 2.63. The molecule has 6 heteroatoms. The molecule has 0 fully saturated rings. The molecule has 0 atom stereocenters. The molecule has 0 radical (unpaired) electrons. The number of hydrogen-bond acceptors (Lipinski definition) is 3. The number of carbonyl (C=O) groups is 2. The molecule has 25 heavy (non-hydrogen) atoms. The predicted octanol–water partition coefficient (Wildman–Crippen LogP) is 4.09. The van der Waals surface area contributed by atoms with Gasteiger partial charge in [-0.2, -0.15) is 0 Å². The smallest absolute Gasteiger partial charge is 0.274 e. The predicted molar refractivity (Wildman–Crippen MR) is 100 cm³/mol. The zero-order valence-electron chi connectivity index (χ0n) is 14.9. The number of carbonyl (C=O) groups excluding carboxylic acids is 2. The van der Waals surface area contributed by atoms with Crippen molar-refractivity contribution in [3.8, 4) is 0 Å². The average Bonchev–Trinajstić information content (AvgIpc) is 2.59. The maximum absolute atomic E-state index is 12.5. The van der Waals surface area contributed by atoms with Crippen LogP contribution in [0.2, 0.25) is 5.02 Å². The Kier molecular flexibility index (Phi) is 6.15. The summed E-state index contributed by atoms with van der Waals surface area (Å²) in [6.45, 7) is 8.86. The summed E-state index contributed by atoms with van der Waals surface area (Å²) in [6.07, 6.45) is 1.47. The highest BCUT2D eigenvalue weighted by Crippen LogP contribution is 2.27. The van der Waals surface area contributed by atoms with Crippen LogP contribution in [0.3, 0.4) is 0 Å². The quantitative estimate of drug-likeness (QED) is 0.874. The summed E-state index contributed by atoms with van der Waals surface area (Å²) in [5.74, 6) is -0.519. The van der Waals surface area contributed by atoms with E-state index in [0.29, 0.717) is 29.4 Å². The fourth-order valence-corrected chi connectivity index (χ4v) is 3.00. The molecule has 1 aromatic carbocycles. The molecule has 132 valence electrons. The lowest BCUT2D eigenvalue weighted by Crippen LogP contribution is -2.30. The largest absolute Gasteiger partial charge is 0.339 e. The third-order valence-corrected chi connectivity index (χ3v) is 4.26. The van der Waals surface area contributed by atoms with Crippen LogP contribution in [0.25, 0.3) is 0 Å². The first-order valence-corrected chi connectivity index (χ1v) is 8.58. The Hall–Kier alpha value is -2.40. The van der Waals surface area contributed by atoms with Crippen LogP contribution in [-0.4, -0.2) is 34.8 Å². The molecule has 2 amide bonds. The Morgan fingerprint density at radius 2 is 1.84 bits per heavy atom. The molecule has 1 aromatic heterocycles. The number of halogens is 1. The SMILES string of the molecule is CCN(CC)C(=O)c1ccnc(C(=O)Nc2c(C)cc(C)cc2Cl)c1. The van der Waals surface area contributed by atoms with Crippen LogP contribution < -0.4 is 5.32 Å². The molecule has 0 bridgehead atoms. The van der Waals surface area contributed by atoms with Crippen LogP contribution >= 0.6 is 11.6 Å². The first kappa shape index (κ1) is 18.9. The summed E-state index contributed by atoms with van der Waals surface area (Å²) in [6, 6.07) is 6.85. The highest BCUT2D eigenvalue weighted by Gasteiger charge is 2.17. The van der Waals surface area contributed by atoms with E-state index in [9.17, 15) is 9.59 Å². The number of pyridine rings is 1. The van der Waals surface area contributed by atoms with Gasteiger partial charge in [-0.25, -0.2) is 0 Å². The number of rotatable bonds is 5. The van der Waals surface area contributed by atoms with Gasteiger partial charge in [-0.3, -0.25) is 14.6 Å². The molecule has 0 saturated carbocycles. The van der Waals surface area contributed by atoms with Crippen molar-refractivity contribution in [3.05, 3.63) is 57.9 Å². The van der Waals surface area contributed by atoms with Crippen molar-refractivity contribution in [2.45, 2.75) is 27.7 Å². The van der Waals surface area contributed by atoms with Crippen molar-refractivity contribution in [2.75, 3.05) is 18.4 Å². The van der Waals surface area contributed by atoms with Gasteiger partial charge in [0.15, 0.2) is 0 Å². The second-order valence-corrected chi connectivity index (χ2v) is 6.21. The molecule has 0 saturated heterocycles. The first-order chi connectivity index (χ1) is 11.9. The second kappa shape index (κ2) is 8.12. The molecule has 2 aromatic rings. The number of nitrogens with zero attached hydrogens (tertiary/aromatic N) is 2. The van der Waals surface area contributed by atoms with Gasteiger partial charge in [-0.1, -0.05) is 17.7 Å². The Morgan fingerprint density at radius 1 is 1.16 bits per heavy atom. The normalized spacial score (nSPS) is 10.4. The van der Waals surface area contributed by atoms with E-state index in [4.69, 9.17) is 11.6 Å². The van der Waals surface area contributed by atoms with E-state index < -0.39 is 5.91 Å². The Balaban J connectivity index is 2.26. The number of benzene rings is 1. The van der Waals surface area contributed by atoms with Crippen LogP contribution in [0, 0.1) is 13.8 Å². The molecular weight excluding hydrogens is 338 g/mol. The van der Waals surface area contributed by atoms with Crippen molar-refractivity contribution in [2.24, 2.45) is 0 Å². The van der Waals surface area contributed by atoms with Crippen LogP contribution in [0.15, 0.2) is 30.5 Å². The van der Waals surface area contributed by atoms with Gasteiger partial charge in [-0.15, -0.1) is 0 Å². The van der Waals surface area contributed by atoms with Crippen molar-refractivity contribution in [1.82, 2.24) is 9.88 Å². The first-order valence-electron chi connectivity index (χ1n) is 8.20. The average molecular weight is 360 g/mol. The molecule has 5 nitrogen and oxygen atoms in total. The molecule has 0 spiro atoms. The van der Waals surface area contributed by atoms with Crippen molar-refractivity contribution in [1.29, 1.82) is 0 Å². The standard InChI is InChI=1S/C19H22ClN3O2/c1-5-23(6-2)19(25)14-7-8-21-16(11-14)18(24)22-17-13(4)9-12(3)10-15(17)20/h7-11H,5-6H2,1-4H3,(H,22,24). The minimum atomic E-state index is -0.400. The summed E-state index contributed by atoms with van der Waals surface area (Å²) in [7, 11) is 0. The van der Waals surface area contributed by atoms with Gasteiger partial charge in [0.2, 0.25) is 0 Å². The Bertz CT molecular complexity index is 778. The van der Waals surface area contributed by atoms with Gasteiger partial charge in [0.05, 0.1) is 10.7 Å². The van der Waals surface area contributed by atoms with Crippen molar-refractivity contribution in [3.63, 3.8) is 0 Å². The summed E-state index contributed by atoms with van der Waals surface area (Å²) in [5.41, 5.74) is 3.06. The van der Waals surface area contributed by atoms with Crippen LogP contribution in [0.4, 0.5) is 5.69 Å². The fraction of sp³-hybridized carbons (Fsp3) is 0.316. The number of hydrogen-bond donors (Lipinski definition) is 1. The highest BCUT2D eigenvalue weighted by atomic mass is 35.5. The van der Waals surface area contributed by atoms with E-state index in [-0.39, 0.29) is 11.6 Å². The van der Waals surface area contributed by atoms with E-state index in [0.717, 1.165) is 11.1 Å². The third kappa shape index (κ3) is 4.37. The van der Waals surface area contributed by atoms with Gasteiger partial charge in [0, 0.05) is 24.8 Å². The number of amides is 2. The molecular formula is C19H22ClN3O2. The number of aryl methyl sites for hydroxylation is 2. The minimum absolute atomic E-state index is 0.119. The van der Waals surface area contributed by atoms with Gasteiger partial charge in [-0.05, 0) is 57.0 Å². The number of anilines is 1. The third-order valence-electron chi connectivity index (χ3n) is 3.96. The highest BCUT2D eigenvalue weighted by molar-refractivity contribution is 6.34. The molecule has 0 aliphatic carbocycles. The summed E-state index contributed by atoms with van der Waals surface area (Å²) in [4.78, 5) is 30.7. The Morgan fingerprint density at radius 3 is 2.44 bits per heavy atom. The summed E-state index contributed by atoms with van der Waals surface area (Å²) in [5, 5.41) is 3.26. The molecule has 1 heterocycles. The van der Waals surface area contributed by atoms with E-state index in [1.165, 1.54) is 12.3 Å². The maximum atomic E-state index is 12.5. The van der Waals surface area contributed by atoms with Crippen molar-refractivity contribution < 1.29 is 9.59 Å². The minimum Gasteiger partial charge on any atom is -0.339 e. The monoisotopic (exact) mass is 359 g/mol. The van der Waals surface area contributed by atoms with Gasteiger partial charge in [0.25, 0.3) is 11.8 Å². The zero-order valence-corrected chi connectivity index (χ0v) is 15.6. The van der Waals surface area contributed by atoms with Gasteiger partial charge in [0.1, 0.15) is 5.69 Å². The maximum Gasteiger partial charge on any atom is 0.274 e. The molecule has 2 rings (SSSR count). The van der Waals surface area contributed by atoms with E-state index in [2.05, 4.69) is 10.3 Å². The van der Waals surface area contributed by atoms with E-state index in [1.54, 1.807) is 17.0 Å². The zero-order chi connectivity index (χ0) is 18.6. The summed E-state index contributed by atoms with van der Waals surface area (Å²) >= 11 is 6.23. The molecule has 1 N–H and O–H groups in total. The topological polar surface area (TPSA) is 62.3 Å². The molecule has 0 aliphatic heterocycles. The van der Waals surface area contributed by atoms with Gasteiger partial charge < -0.3 is 10.2 Å². The Labute approximate surface area is 153 Å². The van der Waals surface area contributed by atoms with Crippen LogP contribution in [0.1, 0.15) is 45.8 Å². The lowest BCUT2D eigenvalue weighted by molar-refractivity contribution is 0.0773. The number of aromatic nitrogens is 1. The van der Waals surface area contributed by atoms with E-state index in [1.807, 2.05) is 33.8 Å². The van der Waals surface area contributed by atoms with Gasteiger partial charge >= 0.3 is 0 Å². The molecule has 0 aliphatic rings. The summed E-state index contributed by atoms with van der Waals surface area (Å²) < 4.78 is 0. The second-order valence-electron chi connectivity index (χ2n) is 5.80. The lowest BCUT2D eigenvalue weighted by atomic mass is 10.1. The number of nitrogens with one attached hydrogen (secondary N) is 1.